The highest BCUT2D eigenvalue weighted by Crippen LogP contribution is 2.39. The molecule has 3 aromatic heterocycles. The highest BCUT2D eigenvalue weighted by molar-refractivity contribution is 6.15. The summed E-state index contributed by atoms with van der Waals surface area (Å²) in [5, 5.41) is 7.65. The van der Waals surface area contributed by atoms with Crippen molar-refractivity contribution in [3.8, 4) is 11.4 Å². The van der Waals surface area contributed by atoms with Crippen molar-refractivity contribution in [3.05, 3.63) is 133 Å². The lowest BCUT2D eigenvalue weighted by Gasteiger charge is -2.12. The van der Waals surface area contributed by atoms with E-state index in [1.165, 1.54) is 76.8 Å². The van der Waals surface area contributed by atoms with Crippen LogP contribution in [0.2, 0.25) is 0 Å². The first-order valence-electron chi connectivity index (χ1n) is 13.8. The molecule has 0 aliphatic heterocycles. The molecule has 0 spiro atoms. The third-order valence-corrected chi connectivity index (χ3v) is 8.64. The van der Waals surface area contributed by atoms with Crippen molar-refractivity contribution in [2.24, 2.45) is 7.05 Å². The van der Waals surface area contributed by atoms with Crippen LogP contribution in [0.15, 0.2) is 133 Å². The van der Waals surface area contributed by atoms with E-state index in [2.05, 4.69) is 154 Å². The molecule has 3 heteroatoms. The first-order valence-corrected chi connectivity index (χ1v) is 13.8. The average molecular weight is 512 g/mol. The molecule has 0 fully saturated rings. The van der Waals surface area contributed by atoms with Crippen molar-refractivity contribution in [1.29, 1.82) is 0 Å². The molecule has 0 radical (unpaired) electrons. The molecule has 0 saturated heterocycles. The smallest absolute Gasteiger partial charge is 0.0733 e. The van der Waals surface area contributed by atoms with E-state index in [4.69, 9.17) is 0 Å². The topological polar surface area (TPSA) is 14.8 Å². The fourth-order valence-electron chi connectivity index (χ4n) is 6.96. The van der Waals surface area contributed by atoms with Gasteiger partial charge in [0.05, 0.1) is 33.3 Å². The number of rotatable bonds is 2. The van der Waals surface area contributed by atoms with Gasteiger partial charge in [-0.2, -0.15) is 0 Å². The fourth-order valence-corrected chi connectivity index (χ4v) is 6.96. The molecule has 0 unspecified atom stereocenters. The number of hydrogen-bond donors (Lipinski definition) is 0. The van der Waals surface area contributed by atoms with E-state index < -0.39 is 0 Å². The van der Waals surface area contributed by atoms with Crippen molar-refractivity contribution < 1.29 is 0 Å². The van der Waals surface area contributed by atoms with E-state index in [1.807, 2.05) is 0 Å². The standard InChI is InChI=1S/C37H25N3/c1-38-31-16-6-2-13-27(31)29-15-10-20-36(37(29)38)40-34-19-9-5-14-28(34)30-23-24(21-22-35(30)40)39-32-17-7-3-11-25(32)26-12-4-8-18-33(26)39/h2-23H,1H3. The van der Waals surface area contributed by atoms with Gasteiger partial charge in [0.15, 0.2) is 0 Å². The van der Waals surface area contributed by atoms with Crippen LogP contribution < -0.4 is 0 Å². The quantitative estimate of drug-likeness (QED) is 0.219. The number of nitrogens with zero attached hydrogens (tertiary/aromatic N) is 3. The van der Waals surface area contributed by atoms with Gasteiger partial charge in [-0.25, -0.2) is 0 Å². The predicted molar refractivity (Wildman–Crippen MR) is 169 cm³/mol. The second-order valence-electron chi connectivity index (χ2n) is 10.7. The largest absolute Gasteiger partial charge is 0.342 e. The van der Waals surface area contributed by atoms with Gasteiger partial charge in [-0.3, -0.25) is 0 Å². The number of aromatic nitrogens is 3. The minimum Gasteiger partial charge on any atom is -0.342 e. The Morgan fingerprint density at radius 1 is 0.375 bits per heavy atom. The highest BCUT2D eigenvalue weighted by atomic mass is 15.0. The molecular weight excluding hydrogens is 486 g/mol. The Morgan fingerprint density at radius 3 is 1.50 bits per heavy atom. The number of fused-ring (bicyclic) bond motifs is 9. The summed E-state index contributed by atoms with van der Waals surface area (Å²) in [5.74, 6) is 0. The lowest BCUT2D eigenvalue weighted by atomic mass is 10.1. The molecule has 0 amide bonds. The zero-order valence-corrected chi connectivity index (χ0v) is 22.0. The first-order chi connectivity index (χ1) is 19.8. The third-order valence-electron chi connectivity index (χ3n) is 8.64. The van der Waals surface area contributed by atoms with Crippen LogP contribution in [0.25, 0.3) is 76.8 Å². The first kappa shape index (κ1) is 21.6. The number of aryl methyl sites for hydroxylation is 1. The monoisotopic (exact) mass is 511 g/mol. The van der Waals surface area contributed by atoms with Gasteiger partial charge in [-0.15, -0.1) is 0 Å². The molecular formula is C37H25N3. The maximum atomic E-state index is 2.45. The molecule has 0 aliphatic rings. The molecule has 0 N–H and O–H groups in total. The fraction of sp³-hybridized carbons (Fsp3) is 0.0270. The molecule has 0 saturated carbocycles. The summed E-state index contributed by atoms with van der Waals surface area (Å²) >= 11 is 0. The summed E-state index contributed by atoms with van der Waals surface area (Å²) in [6.07, 6.45) is 0. The molecule has 0 bridgehead atoms. The van der Waals surface area contributed by atoms with Gasteiger partial charge in [-0.05, 0) is 48.5 Å². The molecule has 40 heavy (non-hydrogen) atoms. The Bertz CT molecular complexity index is 2390. The number of para-hydroxylation sites is 5. The van der Waals surface area contributed by atoms with Gasteiger partial charge >= 0.3 is 0 Å². The van der Waals surface area contributed by atoms with Crippen molar-refractivity contribution in [1.82, 2.24) is 13.7 Å². The Labute approximate surface area is 230 Å². The summed E-state index contributed by atoms with van der Waals surface area (Å²) in [4.78, 5) is 0. The molecule has 9 aromatic rings. The Morgan fingerprint density at radius 2 is 0.850 bits per heavy atom. The summed E-state index contributed by atoms with van der Waals surface area (Å²) in [5.41, 5.74) is 9.76. The van der Waals surface area contributed by atoms with Gasteiger partial charge in [0.2, 0.25) is 0 Å². The van der Waals surface area contributed by atoms with E-state index in [-0.39, 0.29) is 0 Å². The van der Waals surface area contributed by atoms with E-state index in [1.54, 1.807) is 0 Å². The SMILES string of the molecule is Cn1c2ccccc2c2cccc(-n3c4ccccc4c4cc(-n5c6ccccc6c6ccccc65)ccc43)c21. The minimum atomic E-state index is 1.18. The van der Waals surface area contributed by atoms with E-state index in [0.29, 0.717) is 0 Å². The van der Waals surface area contributed by atoms with Crippen LogP contribution >= 0.6 is 0 Å². The predicted octanol–water partition coefficient (Wildman–Crippen LogP) is 9.53. The van der Waals surface area contributed by atoms with Crippen LogP contribution in [-0.2, 0) is 7.05 Å². The van der Waals surface area contributed by atoms with Crippen LogP contribution in [0.4, 0.5) is 0 Å². The number of benzene rings is 6. The van der Waals surface area contributed by atoms with Crippen molar-refractivity contribution in [2.75, 3.05) is 0 Å². The Balaban J connectivity index is 1.39. The van der Waals surface area contributed by atoms with E-state index in [0.717, 1.165) is 0 Å². The van der Waals surface area contributed by atoms with Crippen LogP contribution in [0.3, 0.4) is 0 Å². The van der Waals surface area contributed by atoms with Crippen molar-refractivity contribution in [3.63, 3.8) is 0 Å². The average Bonchev–Trinajstić information content (AvgIpc) is 3.63. The van der Waals surface area contributed by atoms with Crippen LogP contribution in [0.5, 0.6) is 0 Å². The second-order valence-corrected chi connectivity index (χ2v) is 10.7. The van der Waals surface area contributed by atoms with Gasteiger partial charge in [0, 0.05) is 50.6 Å². The van der Waals surface area contributed by atoms with E-state index >= 15 is 0 Å². The molecule has 9 rings (SSSR count). The van der Waals surface area contributed by atoms with Crippen LogP contribution in [0, 0.1) is 0 Å². The summed E-state index contributed by atoms with van der Waals surface area (Å²) < 4.78 is 7.19. The summed E-state index contributed by atoms with van der Waals surface area (Å²) in [6.45, 7) is 0. The van der Waals surface area contributed by atoms with Gasteiger partial charge in [0.25, 0.3) is 0 Å². The lowest BCUT2D eigenvalue weighted by Crippen LogP contribution is -1.99. The molecule has 3 nitrogen and oxygen atoms in total. The lowest BCUT2D eigenvalue weighted by molar-refractivity contribution is 1.00. The summed E-state index contributed by atoms with van der Waals surface area (Å²) in [6, 6.07) is 48.6. The highest BCUT2D eigenvalue weighted by Gasteiger charge is 2.19. The van der Waals surface area contributed by atoms with Gasteiger partial charge in [-0.1, -0.05) is 84.9 Å². The molecule has 188 valence electrons. The Hall–Kier alpha value is -5.28. The van der Waals surface area contributed by atoms with Crippen molar-refractivity contribution in [2.45, 2.75) is 0 Å². The normalized spacial score (nSPS) is 12.1. The minimum absolute atomic E-state index is 1.18. The van der Waals surface area contributed by atoms with E-state index in [9.17, 15) is 0 Å². The van der Waals surface area contributed by atoms with Gasteiger partial charge in [0.1, 0.15) is 0 Å². The number of hydrogen-bond acceptors (Lipinski definition) is 0. The molecule has 0 aliphatic carbocycles. The molecule has 0 atom stereocenters. The zero-order chi connectivity index (χ0) is 26.4. The maximum absolute atomic E-state index is 2.45. The molecule has 3 heterocycles. The third kappa shape index (κ3) is 2.73. The maximum Gasteiger partial charge on any atom is 0.0733 e. The second kappa shape index (κ2) is 7.87. The zero-order valence-electron chi connectivity index (χ0n) is 22.0. The molecule has 6 aromatic carbocycles. The van der Waals surface area contributed by atoms with Crippen LogP contribution in [-0.4, -0.2) is 13.7 Å². The van der Waals surface area contributed by atoms with Crippen molar-refractivity contribution >= 4 is 65.4 Å². The van der Waals surface area contributed by atoms with Gasteiger partial charge < -0.3 is 13.7 Å². The summed E-state index contributed by atoms with van der Waals surface area (Å²) in [7, 11) is 2.18. The van der Waals surface area contributed by atoms with Crippen LogP contribution in [0.1, 0.15) is 0 Å². The Kier molecular flexibility index (Phi) is 4.26.